The summed E-state index contributed by atoms with van der Waals surface area (Å²) in [5.41, 5.74) is 0.337. The van der Waals surface area contributed by atoms with Crippen LogP contribution in [0.15, 0.2) is 18.2 Å². The molecule has 2 heterocycles. The molecule has 1 aromatic rings. The van der Waals surface area contributed by atoms with Gasteiger partial charge in [-0.2, -0.15) is 0 Å². The summed E-state index contributed by atoms with van der Waals surface area (Å²) in [6, 6.07) is 3.36. The van der Waals surface area contributed by atoms with Crippen LogP contribution in [0.25, 0.3) is 0 Å². The summed E-state index contributed by atoms with van der Waals surface area (Å²) in [4.78, 5) is 27.3. The topological polar surface area (TPSA) is 52.7 Å². The molecule has 0 aromatic heterocycles. The third-order valence-electron chi connectivity index (χ3n) is 4.68. The molecule has 0 aliphatic carbocycles. The zero-order valence-electron chi connectivity index (χ0n) is 12.9. The lowest BCUT2D eigenvalue weighted by Crippen LogP contribution is -2.52. The number of urea groups is 1. The van der Waals surface area contributed by atoms with Crippen molar-refractivity contribution < 1.29 is 18.4 Å². The molecule has 2 saturated heterocycles. The number of aryl methyl sites for hydroxylation is 1. The Morgan fingerprint density at radius 2 is 2.17 bits per heavy atom. The van der Waals surface area contributed by atoms with E-state index >= 15 is 0 Å². The van der Waals surface area contributed by atoms with E-state index in [-0.39, 0.29) is 36.9 Å². The van der Waals surface area contributed by atoms with Crippen LogP contribution in [-0.2, 0) is 11.2 Å². The van der Waals surface area contributed by atoms with Crippen LogP contribution in [0.5, 0.6) is 0 Å². The van der Waals surface area contributed by atoms with Gasteiger partial charge < -0.3 is 15.1 Å². The van der Waals surface area contributed by atoms with Gasteiger partial charge in [0.15, 0.2) is 0 Å². The van der Waals surface area contributed by atoms with Gasteiger partial charge in [0.2, 0.25) is 5.91 Å². The lowest BCUT2D eigenvalue weighted by atomic mass is 9.99. The minimum absolute atomic E-state index is 0.0484. The first-order chi connectivity index (χ1) is 11.0. The number of piperidine rings is 1. The van der Waals surface area contributed by atoms with E-state index in [2.05, 4.69) is 5.32 Å². The van der Waals surface area contributed by atoms with E-state index in [1.165, 1.54) is 12.1 Å². The first kappa shape index (κ1) is 15.7. The molecule has 2 aliphatic heterocycles. The van der Waals surface area contributed by atoms with Crippen LogP contribution in [0.1, 0.15) is 18.4 Å². The molecular weight excluding hydrogens is 304 g/mol. The Labute approximate surface area is 133 Å². The molecule has 2 atom stereocenters. The summed E-state index contributed by atoms with van der Waals surface area (Å²) >= 11 is 0. The molecule has 1 aromatic carbocycles. The fraction of sp³-hybridized carbons (Fsp3) is 0.500. The van der Waals surface area contributed by atoms with Crippen LogP contribution < -0.4 is 5.32 Å². The number of hydrogen-bond donors (Lipinski definition) is 1. The van der Waals surface area contributed by atoms with Crippen molar-refractivity contribution >= 4 is 11.9 Å². The van der Waals surface area contributed by atoms with Crippen LogP contribution >= 0.6 is 0 Å². The molecule has 0 unspecified atom stereocenters. The van der Waals surface area contributed by atoms with Crippen LogP contribution in [0, 0.1) is 11.6 Å². The minimum atomic E-state index is -0.624. The van der Waals surface area contributed by atoms with Crippen molar-refractivity contribution in [2.45, 2.75) is 31.3 Å². The summed E-state index contributed by atoms with van der Waals surface area (Å²) in [6.45, 7) is 1.07. The lowest BCUT2D eigenvalue weighted by Gasteiger charge is -2.35. The molecule has 7 heteroatoms. The number of hydrogen-bond acceptors (Lipinski definition) is 2. The molecular formula is C16H19F2N3O2. The van der Waals surface area contributed by atoms with Crippen molar-refractivity contribution in [3.8, 4) is 0 Å². The molecule has 2 fully saturated rings. The number of benzene rings is 1. The zero-order valence-corrected chi connectivity index (χ0v) is 12.9. The van der Waals surface area contributed by atoms with Crippen LogP contribution in [0.4, 0.5) is 13.6 Å². The van der Waals surface area contributed by atoms with Gasteiger partial charge in [-0.25, -0.2) is 13.6 Å². The second kappa shape index (κ2) is 6.14. The number of carbonyl (C=O) groups excluding carboxylic acids is 2. The van der Waals surface area contributed by atoms with E-state index in [1.54, 1.807) is 16.8 Å². The van der Waals surface area contributed by atoms with E-state index in [4.69, 9.17) is 0 Å². The largest absolute Gasteiger partial charge is 0.340 e. The highest BCUT2D eigenvalue weighted by Crippen LogP contribution is 2.22. The van der Waals surface area contributed by atoms with Crippen molar-refractivity contribution in [2.75, 3.05) is 20.1 Å². The van der Waals surface area contributed by atoms with Crippen molar-refractivity contribution in [1.29, 1.82) is 0 Å². The molecule has 124 valence electrons. The Balaban J connectivity index is 1.56. The number of rotatable bonds is 3. The standard InChI is InChI=1S/C16H19F2N3O2/c1-20-14-6-7-21(9-13(14)19-16(20)23)15(22)5-3-10-2-4-11(17)8-12(10)18/h2,4,8,13-14H,3,5-7,9H2,1H3,(H,19,23)/t13-,14+/m1/s1. The van der Waals surface area contributed by atoms with Gasteiger partial charge >= 0.3 is 6.03 Å². The highest BCUT2D eigenvalue weighted by molar-refractivity contribution is 5.79. The average Bonchev–Trinajstić information content (AvgIpc) is 2.80. The molecule has 2 aliphatic rings. The zero-order chi connectivity index (χ0) is 16.6. The van der Waals surface area contributed by atoms with E-state index in [9.17, 15) is 18.4 Å². The van der Waals surface area contributed by atoms with Gasteiger partial charge in [0.05, 0.1) is 12.1 Å². The number of amides is 3. The second-order valence-electron chi connectivity index (χ2n) is 6.10. The summed E-state index contributed by atoms with van der Waals surface area (Å²) in [7, 11) is 1.76. The van der Waals surface area contributed by atoms with E-state index in [0.717, 1.165) is 12.5 Å². The SMILES string of the molecule is CN1C(=O)N[C@@H]2CN(C(=O)CCc3ccc(F)cc3F)CC[C@@H]21. The predicted molar refractivity (Wildman–Crippen MR) is 79.7 cm³/mol. The maximum atomic E-state index is 13.6. The quantitative estimate of drug-likeness (QED) is 0.917. The van der Waals surface area contributed by atoms with Gasteiger partial charge in [-0.1, -0.05) is 6.07 Å². The molecule has 0 spiro atoms. The van der Waals surface area contributed by atoms with E-state index in [0.29, 0.717) is 18.7 Å². The number of fused-ring (bicyclic) bond motifs is 1. The molecule has 23 heavy (non-hydrogen) atoms. The van der Waals surface area contributed by atoms with Gasteiger partial charge in [0.1, 0.15) is 11.6 Å². The molecule has 3 amide bonds. The maximum absolute atomic E-state index is 13.6. The third kappa shape index (κ3) is 3.13. The summed E-state index contributed by atoms with van der Waals surface area (Å²) < 4.78 is 26.5. The van der Waals surface area contributed by atoms with Crippen LogP contribution in [0.2, 0.25) is 0 Å². The van der Waals surface area contributed by atoms with Gasteiger partial charge in [0, 0.05) is 32.6 Å². The Morgan fingerprint density at radius 1 is 1.39 bits per heavy atom. The first-order valence-corrected chi connectivity index (χ1v) is 7.70. The Morgan fingerprint density at radius 3 is 2.91 bits per heavy atom. The minimum Gasteiger partial charge on any atom is -0.340 e. The second-order valence-corrected chi connectivity index (χ2v) is 6.10. The number of likely N-dealkylation sites (N-methyl/N-ethyl adjacent to an activating group) is 1. The summed E-state index contributed by atoms with van der Waals surface area (Å²) in [5, 5.41) is 2.87. The monoisotopic (exact) mass is 323 g/mol. The van der Waals surface area contributed by atoms with Crippen molar-refractivity contribution in [1.82, 2.24) is 15.1 Å². The third-order valence-corrected chi connectivity index (χ3v) is 4.68. The first-order valence-electron chi connectivity index (χ1n) is 7.70. The Bertz CT molecular complexity index is 638. The molecule has 3 rings (SSSR count). The lowest BCUT2D eigenvalue weighted by molar-refractivity contribution is -0.132. The van der Waals surface area contributed by atoms with E-state index < -0.39 is 11.6 Å². The van der Waals surface area contributed by atoms with E-state index in [1.807, 2.05) is 0 Å². The fourth-order valence-electron chi connectivity index (χ4n) is 3.31. The highest BCUT2D eigenvalue weighted by atomic mass is 19.1. The van der Waals surface area contributed by atoms with Crippen molar-refractivity contribution in [3.63, 3.8) is 0 Å². The van der Waals surface area contributed by atoms with Crippen LogP contribution in [0.3, 0.4) is 0 Å². The molecule has 1 N–H and O–H groups in total. The maximum Gasteiger partial charge on any atom is 0.317 e. The number of nitrogens with zero attached hydrogens (tertiary/aromatic N) is 2. The van der Waals surface area contributed by atoms with Gasteiger partial charge in [0.25, 0.3) is 0 Å². The molecule has 0 saturated carbocycles. The van der Waals surface area contributed by atoms with Gasteiger partial charge in [-0.3, -0.25) is 4.79 Å². The molecule has 0 radical (unpaired) electrons. The normalized spacial score (nSPS) is 23.7. The van der Waals surface area contributed by atoms with Crippen LogP contribution in [-0.4, -0.2) is 54.0 Å². The van der Waals surface area contributed by atoms with Crippen molar-refractivity contribution in [3.05, 3.63) is 35.4 Å². The smallest absolute Gasteiger partial charge is 0.317 e. The number of likely N-dealkylation sites (tertiary alicyclic amines) is 1. The summed E-state index contributed by atoms with van der Waals surface area (Å²) in [6.07, 6.45) is 1.14. The number of carbonyl (C=O) groups is 2. The highest BCUT2D eigenvalue weighted by Gasteiger charge is 2.41. The predicted octanol–water partition coefficient (Wildman–Crippen LogP) is 1.52. The molecule has 5 nitrogen and oxygen atoms in total. The van der Waals surface area contributed by atoms with Gasteiger partial charge in [-0.05, 0) is 24.5 Å². The Kier molecular flexibility index (Phi) is 4.19. The van der Waals surface area contributed by atoms with Gasteiger partial charge in [-0.15, -0.1) is 0 Å². The number of halogens is 2. The average molecular weight is 323 g/mol. The fourth-order valence-corrected chi connectivity index (χ4v) is 3.31. The Hall–Kier alpha value is -2.18. The summed E-state index contributed by atoms with van der Waals surface area (Å²) in [5.74, 6) is -1.32. The molecule has 0 bridgehead atoms. The van der Waals surface area contributed by atoms with Crippen molar-refractivity contribution in [2.24, 2.45) is 0 Å². The number of nitrogens with one attached hydrogen (secondary N) is 1.